The molecule has 4 rings (SSSR count). The monoisotopic (exact) mass is 471 g/mol. The molecule has 184 valence electrons. The van der Waals surface area contributed by atoms with Gasteiger partial charge in [0.1, 0.15) is 0 Å². The first kappa shape index (κ1) is 24.3. The predicted octanol–water partition coefficient (Wildman–Crippen LogP) is 2.97. The molecule has 0 spiro atoms. The van der Waals surface area contributed by atoms with Crippen molar-refractivity contribution in [3.8, 4) is 5.75 Å². The number of amides is 2. The molecule has 0 bridgehead atoms. The molecule has 1 aliphatic carbocycles. The number of halogens is 1. The van der Waals surface area contributed by atoms with Gasteiger partial charge in [0.2, 0.25) is 11.8 Å². The number of hydrogen-bond acceptors (Lipinski definition) is 6. The number of carbonyl (C=O) groups excluding carboxylic acids is 2. The number of nitrogens with zero attached hydrogens (tertiary/aromatic N) is 3. The fourth-order valence-electron chi connectivity index (χ4n) is 4.45. The molecule has 0 radical (unpaired) electrons. The highest BCUT2D eigenvalue weighted by Gasteiger charge is 2.33. The number of hydrogen-bond donors (Lipinski definition) is 2. The molecule has 4 atom stereocenters. The van der Waals surface area contributed by atoms with Gasteiger partial charge in [-0.15, -0.1) is 5.10 Å². The molecule has 34 heavy (non-hydrogen) atoms. The summed E-state index contributed by atoms with van der Waals surface area (Å²) in [5.74, 6) is 0.908. The number of ether oxygens (including phenoxy) is 1. The van der Waals surface area contributed by atoms with Crippen LogP contribution in [0, 0.1) is 17.7 Å². The van der Waals surface area contributed by atoms with Crippen molar-refractivity contribution in [1.82, 2.24) is 25.6 Å². The van der Waals surface area contributed by atoms with Gasteiger partial charge < -0.3 is 10.1 Å². The molecule has 2 aromatic rings. The quantitative estimate of drug-likeness (QED) is 0.365. The molecule has 2 fully saturated rings. The summed E-state index contributed by atoms with van der Waals surface area (Å²) in [4.78, 5) is 23.1. The van der Waals surface area contributed by atoms with E-state index in [2.05, 4.69) is 34.8 Å². The van der Waals surface area contributed by atoms with Gasteiger partial charge in [-0.25, -0.2) is 9.07 Å². The maximum Gasteiger partial charge on any atom is 0.243 e. The van der Waals surface area contributed by atoms with Crippen molar-refractivity contribution in [2.24, 2.45) is 11.8 Å². The third kappa shape index (κ3) is 6.20. The van der Waals surface area contributed by atoms with Crippen LogP contribution in [0.2, 0.25) is 0 Å². The molecule has 2 N–H and O–H groups in total. The van der Waals surface area contributed by atoms with Crippen LogP contribution in [0.5, 0.6) is 5.75 Å². The molecule has 1 saturated heterocycles. The van der Waals surface area contributed by atoms with Gasteiger partial charge >= 0.3 is 0 Å². The summed E-state index contributed by atoms with van der Waals surface area (Å²) in [5, 5.41) is 14.0. The number of rotatable bonds is 12. The first-order valence-electron chi connectivity index (χ1n) is 12.3. The van der Waals surface area contributed by atoms with Crippen LogP contribution in [-0.2, 0) is 22.6 Å². The molecule has 3 unspecified atom stereocenters. The zero-order chi connectivity index (χ0) is 24.1. The summed E-state index contributed by atoms with van der Waals surface area (Å²) in [7, 11) is 0. The fourth-order valence-corrected chi connectivity index (χ4v) is 4.45. The Morgan fingerprint density at radius 2 is 2.18 bits per heavy atom. The van der Waals surface area contributed by atoms with Crippen molar-refractivity contribution in [2.75, 3.05) is 13.2 Å². The lowest BCUT2D eigenvalue weighted by Crippen LogP contribution is -2.50. The van der Waals surface area contributed by atoms with Crippen LogP contribution >= 0.6 is 0 Å². The lowest BCUT2D eigenvalue weighted by Gasteiger charge is -2.22. The van der Waals surface area contributed by atoms with E-state index in [1.165, 1.54) is 6.07 Å². The summed E-state index contributed by atoms with van der Waals surface area (Å²) in [6.45, 7) is 6.18. The lowest BCUT2D eigenvalue weighted by molar-refractivity contribution is -0.134. The van der Waals surface area contributed by atoms with Gasteiger partial charge in [0.25, 0.3) is 0 Å². The summed E-state index contributed by atoms with van der Waals surface area (Å²) in [5.41, 5.74) is 2.05. The molecule has 2 heterocycles. The van der Waals surface area contributed by atoms with Crippen molar-refractivity contribution in [2.45, 2.75) is 70.9 Å². The van der Waals surface area contributed by atoms with Gasteiger partial charge in [-0.1, -0.05) is 25.1 Å². The van der Waals surface area contributed by atoms with Crippen molar-refractivity contribution < 1.29 is 18.7 Å². The van der Waals surface area contributed by atoms with Gasteiger partial charge in [0.15, 0.2) is 11.6 Å². The molecule has 2 amide bonds. The van der Waals surface area contributed by atoms with E-state index in [-0.39, 0.29) is 29.6 Å². The fraction of sp³-hybridized carbons (Fsp3) is 0.600. The second-order valence-corrected chi connectivity index (χ2v) is 9.55. The van der Waals surface area contributed by atoms with E-state index in [4.69, 9.17) is 4.74 Å². The Labute approximate surface area is 199 Å². The molecule has 1 saturated carbocycles. The van der Waals surface area contributed by atoms with Gasteiger partial charge in [0, 0.05) is 18.9 Å². The van der Waals surface area contributed by atoms with Crippen molar-refractivity contribution in [3.05, 3.63) is 41.5 Å². The number of piperidine rings is 1. The zero-order valence-electron chi connectivity index (χ0n) is 19.9. The lowest BCUT2D eigenvalue weighted by atomic mass is 9.96. The van der Waals surface area contributed by atoms with Crippen LogP contribution in [-0.4, -0.2) is 46.0 Å². The largest absolute Gasteiger partial charge is 0.490 e. The van der Waals surface area contributed by atoms with E-state index in [1.54, 1.807) is 6.20 Å². The Bertz CT molecular complexity index is 1010. The summed E-state index contributed by atoms with van der Waals surface area (Å²) in [6, 6.07) is 4.84. The first-order chi connectivity index (χ1) is 16.4. The first-order valence-corrected chi connectivity index (χ1v) is 12.3. The smallest absolute Gasteiger partial charge is 0.243 e. The van der Waals surface area contributed by atoms with Crippen LogP contribution in [0.4, 0.5) is 4.39 Å². The van der Waals surface area contributed by atoms with Crippen LogP contribution in [0.25, 0.3) is 0 Å². The number of aromatic nitrogens is 3. The Morgan fingerprint density at radius 1 is 1.35 bits per heavy atom. The minimum atomic E-state index is -0.322. The van der Waals surface area contributed by atoms with E-state index < -0.39 is 0 Å². The van der Waals surface area contributed by atoms with Crippen LogP contribution in [0.15, 0.2) is 24.4 Å². The van der Waals surface area contributed by atoms with E-state index in [0.717, 1.165) is 36.9 Å². The molecule has 1 aromatic carbocycles. The minimum absolute atomic E-state index is 0.157. The summed E-state index contributed by atoms with van der Waals surface area (Å²) in [6.07, 6.45) is 6.28. The standard InChI is InChI=1S/C25H34FN5O3/c1-3-17(18-6-7-21(26)23(12-18)34-15-19-11-16(19)2)14-31-20(13-28-30-31)5-4-10-27-22-8-9-24(32)29-25(22)33/h6-7,12-13,16-17,19,22,27H,3-5,8-11,14-15H2,1-2H3,(H,29,32,33)/t16?,17-,19?,22?/m0/s1. The van der Waals surface area contributed by atoms with Gasteiger partial charge in [-0.3, -0.25) is 14.9 Å². The SMILES string of the molecule is CC[C@@H](Cn1nncc1CCCNC1CCC(=O)NC1=O)c1ccc(F)c(OCC2CC2C)c1. The predicted molar refractivity (Wildman–Crippen MR) is 125 cm³/mol. The van der Waals surface area contributed by atoms with Gasteiger partial charge in [0.05, 0.1) is 24.5 Å². The highest BCUT2D eigenvalue weighted by atomic mass is 19.1. The molecular formula is C25H34FN5O3. The number of benzene rings is 1. The highest BCUT2D eigenvalue weighted by Crippen LogP contribution is 2.38. The zero-order valence-corrected chi connectivity index (χ0v) is 19.9. The molecule has 1 aromatic heterocycles. The molecule has 2 aliphatic rings. The average Bonchev–Trinajstić information content (AvgIpc) is 3.35. The molecule has 8 nitrogen and oxygen atoms in total. The molecular weight excluding hydrogens is 437 g/mol. The maximum atomic E-state index is 14.3. The normalized spacial score (nSPS) is 23.0. The third-order valence-corrected chi connectivity index (χ3v) is 6.98. The van der Waals surface area contributed by atoms with Crippen molar-refractivity contribution >= 4 is 11.8 Å². The Balaban J connectivity index is 1.30. The van der Waals surface area contributed by atoms with Crippen molar-refractivity contribution in [1.29, 1.82) is 0 Å². The topological polar surface area (TPSA) is 98.1 Å². The summed E-state index contributed by atoms with van der Waals surface area (Å²) >= 11 is 0. The van der Waals surface area contributed by atoms with Gasteiger partial charge in [-0.05, 0) is 68.2 Å². The second kappa shape index (κ2) is 11.1. The number of aryl methyl sites for hydroxylation is 1. The second-order valence-electron chi connectivity index (χ2n) is 9.55. The Kier molecular flexibility index (Phi) is 7.92. The van der Waals surface area contributed by atoms with Crippen LogP contribution < -0.4 is 15.4 Å². The maximum absolute atomic E-state index is 14.3. The number of imide groups is 1. The van der Waals surface area contributed by atoms with Crippen molar-refractivity contribution in [3.63, 3.8) is 0 Å². The average molecular weight is 472 g/mol. The van der Waals surface area contributed by atoms with E-state index >= 15 is 0 Å². The number of carbonyl (C=O) groups is 2. The van der Waals surface area contributed by atoms with E-state index in [0.29, 0.717) is 50.1 Å². The molecule has 9 heteroatoms. The Morgan fingerprint density at radius 3 is 2.91 bits per heavy atom. The Hall–Kier alpha value is -2.81. The van der Waals surface area contributed by atoms with Crippen LogP contribution in [0.1, 0.15) is 63.1 Å². The van der Waals surface area contributed by atoms with E-state index in [1.807, 2.05) is 16.8 Å². The summed E-state index contributed by atoms with van der Waals surface area (Å²) < 4.78 is 22.0. The van der Waals surface area contributed by atoms with Crippen LogP contribution in [0.3, 0.4) is 0 Å². The third-order valence-electron chi connectivity index (χ3n) is 6.98. The van der Waals surface area contributed by atoms with Gasteiger partial charge in [-0.2, -0.15) is 0 Å². The highest BCUT2D eigenvalue weighted by molar-refractivity contribution is 6.00. The van der Waals surface area contributed by atoms with E-state index in [9.17, 15) is 14.0 Å². The number of nitrogens with one attached hydrogen (secondary N) is 2. The minimum Gasteiger partial charge on any atom is -0.490 e. The molecule has 1 aliphatic heterocycles.